The highest BCUT2D eigenvalue weighted by Gasteiger charge is 2.61. The van der Waals surface area contributed by atoms with Crippen molar-refractivity contribution in [3.8, 4) is 5.75 Å². The zero-order chi connectivity index (χ0) is 18.1. The number of carbonyl (C=O) groups is 1. The number of phenolic OH excluding ortho intramolecular Hbond substituents is 1. The lowest BCUT2D eigenvalue weighted by atomic mass is 10.1. The smallest absolute Gasteiger partial charge is 0.442 e. The monoisotopic (exact) mass is 344 g/mol. The predicted octanol–water partition coefficient (Wildman–Crippen LogP) is 2.92. The fourth-order valence-electron chi connectivity index (χ4n) is 2.33. The molecule has 0 radical (unpaired) electrons. The standard InChI is InChI=1S/C16H19F3N2O3/c1-10(2)7-8-11-9-15(24,16(17,18)19)21(20-11)14(23)12-5-3-4-6-13(12)22/h3-6,9-10,20,22,24H,7-8H2,1-2H3/t15-/m1/s1. The van der Waals surface area contributed by atoms with Crippen molar-refractivity contribution in [2.24, 2.45) is 5.92 Å². The second kappa shape index (κ2) is 6.35. The molecule has 24 heavy (non-hydrogen) atoms. The van der Waals surface area contributed by atoms with Gasteiger partial charge in [0.15, 0.2) is 0 Å². The Hall–Kier alpha value is -2.22. The van der Waals surface area contributed by atoms with Crippen LogP contribution < -0.4 is 5.43 Å². The molecule has 1 amide bonds. The number of para-hydroxylation sites is 1. The Bertz CT molecular complexity index is 658. The van der Waals surface area contributed by atoms with Gasteiger partial charge < -0.3 is 10.2 Å². The van der Waals surface area contributed by atoms with Gasteiger partial charge >= 0.3 is 6.18 Å². The van der Waals surface area contributed by atoms with E-state index in [9.17, 15) is 28.2 Å². The average Bonchev–Trinajstić information content (AvgIpc) is 2.83. The number of hydrogen-bond acceptors (Lipinski definition) is 4. The number of hydrazine groups is 1. The number of nitrogens with zero attached hydrogens (tertiary/aromatic N) is 1. The van der Waals surface area contributed by atoms with Crippen molar-refractivity contribution in [2.75, 3.05) is 0 Å². The van der Waals surface area contributed by atoms with Crippen molar-refractivity contribution in [3.63, 3.8) is 0 Å². The molecule has 1 heterocycles. The third-order valence-electron chi connectivity index (χ3n) is 3.72. The van der Waals surface area contributed by atoms with Gasteiger partial charge in [-0.1, -0.05) is 26.0 Å². The van der Waals surface area contributed by atoms with E-state index < -0.39 is 23.6 Å². The number of allylic oxidation sites excluding steroid dienone is 1. The van der Waals surface area contributed by atoms with Gasteiger partial charge in [0.2, 0.25) is 0 Å². The number of alkyl halides is 3. The lowest BCUT2D eigenvalue weighted by molar-refractivity contribution is -0.283. The van der Waals surface area contributed by atoms with Crippen molar-refractivity contribution >= 4 is 5.91 Å². The van der Waals surface area contributed by atoms with Crippen LogP contribution in [0, 0.1) is 5.92 Å². The summed E-state index contributed by atoms with van der Waals surface area (Å²) >= 11 is 0. The Morgan fingerprint density at radius 2 is 1.96 bits per heavy atom. The van der Waals surface area contributed by atoms with E-state index in [4.69, 9.17) is 0 Å². The Labute approximate surface area is 137 Å². The summed E-state index contributed by atoms with van der Waals surface area (Å²) in [7, 11) is 0. The van der Waals surface area contributed by atoms with E-state index in [1.165, 1.54) is 24.3 Å². The van der Waals surface area contributed by atoms with Crippen LogP contribution in [0.4, 0.5) is 13.2 Å². The van der Waals surface area contributed by atoms with Crippen LogP contribution in [0.5, 0.6) is 5.75 Å². The number of halogens is 3. The SMILES string of the molecule is CC(C)CCC1=C[C@@](O)(C(F)(F)F)N(C(=O)c2ccccc2O)N1. The summed E-state index contributed by atoms with van der Waals surface area (Å²) in [5.41, 5.74) is -1.38. The van der Waals surface area contributed by atoms with E-state index in [2.05, 4.69) is 5.43 Å². The molecular formula is C16H19F3N2O3. The summed E-state index contributed by atoms with van der Waals surface area (Å²) in [5, 5.41) is 19.9. The van der Waals surface area contributed by atoms with E-state index in [-0.39, 0.29) is 28.6 Å². The molecule has 1 atom stereocenters. The van der Waals surface area contributed by atoms with Crippen molar-refractivity contribution in [3.05, 3.63) is 41.6 Å². The molecule has 0 fully saturated rings. The van der Waals surface area contributed by atoms with Crippen LogP contribution in [-0.2, 0) is 0 Å². The Morgan fingerprint density at radius 3 is 2.50 bits per heavy atom. The van der Waals surface area contributed by atoms with Gasteiger partial charge in [-0.2, -0.15) is 13.2 Å². The highest BCUT2D eigenvalue weighted by atomic mass is 19.4. The normalized spacial score (nSPS) is 21.0. The fourth-order valence-corrected chi connectivity index (χ4v) is 2.33. The number of aliphatic hydroxyl groups is 1. The quantitative estimate of drug-likeness (QED) is 0.785. The molecule has 2 rings (SSSR count). The molecule has 0 spiro atoms. The van der Waals surface area contributed by atoms with E-state index >= 15 is 0 Å². The number of amides is 1. The minimum absolute atomic E-state index is 0.104. The third-order valence-corrected chi connectivity index (χ3v) is 3.72. The number of rotatable bonds is 4. The van der Waals surface area contributed by atoms with Gasteiger partial charge in [0.05, 0.1) is 5.56 Å². The van der Waals surface area contributed by atoms with Crippen LogP contribution in [0.15, 0.2) is 36.0 Å². The van der Waals surface area contributed by atoms with Gasteiger partial charge in [-0.05, 0) is 37.0 Å². The summed E-state index contributed by atoms with van der Waals surface area (Å²) in [5.74, 6) is -1.40. The Morgan fingerprint density at radius 1 is 1.33 bits per heavy atom. The lowest BCUT2D eigenvalue weighted by Gasteiger charge is -2.33. The molecule has 1 aliphatic rings. The molecular weight excluding hydrogens is 325 g/mol. The van der Waals surface area contributed by atoms with Crippen LogP contribution in [-0.4, -0.2) is 33.0 Å². The van der Waals surface area contributed by atoms with Gasteiger partial charge in [-0.15, -0.1) is 0 Å². The maximum Gasteiger partial charge on any atom is 0.442 e. The topological polar surface area (TPSA) is 72.8 Å². The molecule has 1 aliphatic heterocycles. The minimum Gasteiger partial charge on any atom is -0.507 e. The van der Waals surface area contributed by atoms with Crippen molar-refractivity contribution < 1.29 is 28.2 Å². The first-order valence-corrected chi connectivity index (χ1v) is 7.46. The second-order valence-electron chi connectivity index (χ2n) is 6.10. The van der Waals surface area contributed by atoms with Crippen molar-refractivity contribution in [1.29, 1.82) is 0 Å². The molecule has 0 aromatic heterocycles. The highest BCUT2D eigenvalue weighted by Crippen LogP contribution is 2.39. The molecule has 5 nitrogen and oxygen atoms in total. The molecule has 8 heteroatoms. The summed E-state index contributed by atoms with van der Waals surface area (Å²) in [6, 6.07) is 5.21. The van der Waals surface area contributed by atoms with E-state index in [0.29, 0.717) is 12.5 Å². The van der Waals surface area contributed by atoms with E-state index in [1.807, 2.05) is 13.8 Å². The molecule has 1 aromatic rings. The number of benzene rings is 1. The summed E-state index contributed by atoms with van der Waals surface area (Å²) in [4.78, 5) is 12.4. The zero-order valence-electron chi connectivity index (χ0n) is 13.3. The summed E-state index contributed by atoms with van der Waals surface area (Å²) < 4.78 is 40.1. The van der Waals surface area contributed by atoms with Crippen molar-refractivity contribution in [1.82, 2.24) is 10.4 Å². The van der Waals surface area contributed by atoms with Gasteiger partial charge in [-0.25, -0.2) is 5.01 Å². The summed E-state index contributed by atoms with van der Waals surface area (Å²) in [6.07, 6.45) is -3.65. The van der Waals surface area contributed by atoms with Gasteiger partial charge in [0.25, 0.3) is 11.6 Å². The van der Waals surface area contributed by atoms with Crippen LogP contribution >= 0.6 is 0 Å². The number of carbonyl (C=O) groups excluding carboxylic acids is 1. The molecule has 132 valence electrons. The van der Waals surface area contributed by atoms with Crippen LogP contribution in [0.1, 0.15) is 37.0 Å². The third kappa shape index (κ3) is 3.33. The first kappa shape index (κ1) is 18.1. The Kier molecular flexibility index (Phi) is 4.80. The van der Waals surface area contributed by atoms with Gasteiger partial charge in [0, 0.05) is 5.70 Å². The number of hydrogen-bond donors (Lipinski definition) is 3. The lowest BCUT2D eigenvalue weighted by Crippen LogP contribution is -2.60. The summed E-state index contributed by atoms with van der Waals surface area (Å²) in [6.45, 7) is 3.83. The number of nitrogens with one attached hydrogen (secondary N) is 1. The first-order chi connectivity index (χ1) is 11.1. The molecule has 0 saturated heterocycles. The van der Waals surface area contributed by atoms with Crippen LogP contribution in [0.25, 0.3) is 0 Å². The van der Waals surface area contributed by atoms with Gasteiger partial charge in [0.1, 0.15) is 5.75 Å². The fraction of sp³-hybridized carbons (Fsp3) is 0.438. The maximum atomic E-state index is 13.4. The van der Waals surface area contributed by atoms with Gasteiger partial charge in [-0.3, -0.25) is 10.2 Å². The van der Waals surface area contributed by atoms with Crippen LogP contribution in [0.2, 0.25) is 0 Å². The van der Waals surface area contributed by atoms with E-state index in [0.717, 1.165) is 0 Å². The maximum absolute atomic E-state index is 13.4. The molecule has 1 aromatic carbocycles. The average molecular weight is 344 g/mol. The Balaban J connectivity index is 2.35. The molecule has 0 saturated carbocycles. The minimum atomic E-state index is -5.10. The predicted molar refractivity (Wildman–Crippen MR) is 80.6 cm³/mol. The molecule has 0 unspecified atom stereocenters. The second-order valence-corrected chi connectivity index (χ2v) is 6.10. The number of aromatic hydroxyl groups is 1. The molecule has 3 N–H and O–H groups in total. The molecule has 0 aliphatic carbocycles. The largest absolute Gasteiger partial charge is 0.507 e. The van der Waals surface area contributed by atoms with E-state index in [1.54, 1.807) is 0 Å². The number of phenols is 1. The van der Waals surface area contributed by atoms with Crippen LogP contribution in [0.3, 0.4) is 0 Å². The highest BCUT2D eigenvalue weighted by molar-refractivity contribution is 5.97. The molecule has 0 bridgehead atoms. The van der Waals surface area contributed by atoms with Crippen molar-refractivity contribution in [2.45, 2.75) is 38.6 Å². The zero-order valence-corrected chi connectivity index (χ0v) is 13.3. The first-order valence-electron chi connectivity index (χ1n) is 7.46.